The maximum atomic E-state index is 12.5. The minimum absolute atomic E-state index is 0.182. The Morgan fingerprint density at radius 2 is 1.64 bits per heavy atom. The van der Waals surface area contributed by atoms with Crippen molar-refractivity contribution in [3.63, 3.8) is 0 Å². The van der Waals surface area contributed by atoms with E-state index in [0.717, 1.165) is 0 Å². The highest BCUT2D eigenvalue weighted by atomic mass is 79.9. The largest absolute Gasteiger partial charge is 0.462 e. The summed E-state index contributed by atoms with van der Waals surface area (Å²) in [7, 11) is 0. The van der Waals surface area contributed by atoms with Gasteiger partial charge in [0, 0.05) is 15.9 Å². The average Bonchev–Trinajstić information content (AvgIpc) is 2.87. The molecule has 0 aliphatic carbocycles. The van der Waals surface area contributed by atoms with Crippen LogP contribution in [0.15, 0.2) is 28.7 Å². The van der Waals surface area contributed by atoms with E-state index in [1.165, 1.54) is 0 Å². The second-order valence-electron chi connectivity index (χ2n) is 5.32. The van der Waals surface area contributed by atoms with E-state index in [1.807, 2.05) is 0 Å². The molecule has 0 aliphatic rings. The van der Waals surface area contributed by atoms with E-state index in [9.17, 15) is 14.4 Å². The number of hydrogen-bond donors (Lipinski definition) is 1. The molecule has 1 aromatic heterocycles. The van der Waals surface area contributed by atoms with Crippen LogP contribution in [0.4, 0.5) is 0 Å². The molecule has 25 heavy (non-hydrogen) atoms. The number of H-pyrrole nitrogens is 1. The Morgan fingerprint density at radius 1 is 1.00 bits per heavy atom. The van der Waals surface area contributed by atoms with Gasteiger partial charge in [-0.05, 0) is 48.8 Å². The first-order valence-electron chi connectivity index (χ1n) is 7.67. The van der Waals surface area contributed by atoms with Crippen molar-refractivity contribution in [1.29, 1.82) is 0 Å². The van der Waals surface area contributed by atoms with Gasteiger partial charge in [0.05, 0.1) is 23.3 Å². The fourth-order valence-electron chi connectivity index (χ4n) is 2.50. The Balaban J connectivity index is 2.18. The second kappa shape index (κ2) is 8.11. The Labute approximate surface area is 153 Å². The SMILES string of the molecule is CCOC(=O)c1c(C)[nH]c(C)c1C(=O)COC(=O)c1ccccc1Br. The number of benzene rings is 1. The molecular weight excluding hydrogens is 390 g/mol. The quantitative estimate of drug-likeness (QED) is 0.583. The number of ether oxygens (including phenoxy) is 2. The van der Waals surface area contributed by atoms with Gasteiger partial charge < -0.3 is 14.5 Å². The summed E-state index contributed by atoms with van der Waals surface area (Å²) in [5.41, 5.74) is 1.76. The van der Waals surface area contributed by atoms with E-state index in [0.29, 0.717) is 21.4 Å². The highest BCUT2D eigenvalue weighted by Crippen LogP contribution is 2.21. The van der Waals surface area contributed by atoms with Gasteiger partial charge in [0.1, 0.15) is 0 Å². The number of Topliss-reactive ketones (excluding diaryl/α,β-unsaturated/α-hetero) is 1. The lowest BCUT2D eigenvalue weighted by atomic mass is 10.1. The minimum atomic E-state index is -0.622. The summed E-state index contributed by atoms with van der Waals surface area (Å²) in [6.45, 7) is 4.79. The van der Waals surface area contributed by atoms with Crippen LogP contribution < -0.4 is 0 Å². The number of ketones is 1. The van der Waals surface area contributed by atoms with Gasteiger partial charge in [-0.25, -0.2) is 9.59 Å². The second-order valence-corrected chi connectivity index (χ2v) is 6.18. The molecular formula is C18H18BrNO5. The van der Waals surface area contributed by atoms with Crippen LogP contribution in [0.1, 0.15) is 49.4 Å². The molecule has 1 aromatic carbocycles. The summed E-state index contributed by atoms with van der Waals surface area (Å²) in [5, 5.41) is 0. The van der Waals surface area contributed by atoms with Crippen LogP contribution >= 0.6 is 15.9 Å². The lowest BCUT2D eigenvalue weighted by Crippen LogP contribution is -2.18. The molecule has 1 N–H and O–H groups in total. The summed E-state index contributed by atoms with van der Waals surface area (Å²) in [6, 6.07) is 6.76. The predicted octanol–water partition coefficient (Wildman–Crippen LogP) is 3.61. The van der Waals surface area contributed by atoms with E-state index >= 15 is 0 Å². The first-order chi connectivity index (χ1) is 11.9. The normalized spacial score (nSPS) is 10.4. The molecule has 2 rings (SSSR count). The van der Waals surface area contributed by atoms with E-state index in [4.69, 9.17) is 9.47 Å². The van der Waals surface area contributed by atoms with Gasteiger partial charge >= 0.3 is 11.9 Å². The van der Waals surface area contributed by atoms with Crippen LogP contribution in [0.25, 0.3) is 0 Å². The number of carbonyl (C=O) groups is 3. The monoisotopic (exact) mass is 407 g/mol. The van der Waals surface area contributed by atoms with Crippen molar-refractivity contribution < 1.29 is 23.9 Å². The van der Waals surface area contributed by atoms with Gasteiger partial charge in [-0.3, -0.25) is 4.79 Å². The Bertz CT molecular complexity index is 825. The molecule has 0 aliphatic heterocycles. The number of aromatic nitrogens is 1. The number of halogens is 1. The first kappa shape index (κ1) is 18.9. The molecule has 0 bridgehead atoms. The van der Waals surface area contributed by atoms with Gasteiger partial charge in [0.15, 0.2) is 6.61 Å². The maximum Gasteiger partial charge on any atom is 0.340 e. The minimum Gasteiger partial charge on any atom is -0.462 e. The van der Waals surface area contributed by atoms with E-state index in [1.54, 1.807) is 45.0 Å². The van der Waals surface area contributed by atoms with Gasteiger partial charge in [0.25, 0.3) is 0 Å². The molecule has 0 unspecified atom stereocenters. The molecule has 0 saturated heterocycles. The summed E-state index contributed by atoms with van der Waals surface area (Å²) >= 11 is 3.26. The molecule has 0 fully saturated rings. The molecule has 132 valence electrons. The van der Waals surface area contributed by atoms with E-state index in [-0.39, 0.29) is 17.7 Å². The van der Waals surface area contributed by atoms with Crippen molar-refractivity contribution in [2.75, 3.05) is 13.2 Å². The van der Waals surface area contributed by atoms with Gasteiger partial charge in [0.2, 0.25) is 5.78 Å². The summed E-state index contributed by atoms with van der Waals surface area (Å²) in [6.07, 6.45) is 0. The molecule has 7 heteroatoms. The zero-order valence-corrected chi connectivity index (χ0v) is 15.7. The van der Waals surface area contributed by atoms with Crippen molar-refractivity contribution in [3.05, 3.63) is 56.8 Å². The molecule has 0 spiro atoms. The van der Waals surface area contributed by atoms with Gasteiger partial charge in [-0.15, -0.1) is 0 Å². The molecule has 0 radical (unpaired) electrons. The average molecular weight is 408 g/mol. The standard InChI is InChI=1S/C18H18BrNO5/c1-4-24-18(23)16-11(3)20-10(2)15(16)14(21)9-25-17(22)12-7-5-6-8-13(12)19/h5-8,20H,4,9H2,1-3H3. The Morgan fingerprint density at radius 3 is 2.28 bits per heavy atom. The number of esters is 2. The number of rotatable bonds is 6. The van der Waals surface area contributed by atoms with Crippen molar-refractivity contribution in [1.82, 2.24) is 4.98 Å². The third-order valence-electron chi connectivity index (χ3n) is 3.56. The zero-order chi connectivity index (χ0) is 18.6. The van der Waals surface area contributed by atoms with Crippen LogP contribution in [0, 0.1) is 13.8 Å². The highest BCUT2D eigenvalue weighted by Gasteiger charge is 2.26. The molecule has 0 saturated carbocycles. The fraction of sp³-hybridized carbons (Fsp3) is 0.278. The molecule has 6 nitrogen and oxygen atoms in total. The number of nitrogens with one attached hydrogen (secondary N) is 1. The lowest BCUT2D eigenvalue weighted by molar-refractivity contribution is 0.0471. The van der Waals surface area contributed by atoms with E-state index < -0.39 is 24.3 Å². The Hall–Kier alpha value is -2.41. The molecule has 0 atom stereocenters. The van der Waals surface area contributed by atoms with Crippen molar-refractivity contribution in [2.24, 2.45) is 0 Å². The summed E-state index contributed by atoms with van der Waals surface area (Å²) < 4.78 is 10.7. The number of carbonyl (C=O) groups excluding carboxylic acids is 3. The van der Waals surface area contributed by atoms with Crippen LogP contribution in [0.2, 0.25) is 0 Å². The van der Waals surface area contributed by atoms with Gasteiger partial charge in [-0.1, -0.05) is 12.1 Å². The number of aromatic amines is 1. The topological polar surface area (TPSA) is 85.5 Å². The fourth-order valence-corrected chi connectivity index (χ4v) is 2.94. The lowest BCUT2D eigenvalue weighted by Gasteiger charge is -2.08. The van der Waals surface area contributed by atoms with Crippen molar-refractivity contribution in [2.45, 2.75) is 20.8 Å². The zero-order valence-electron chi connectivity index (χ0n) is 14.1. The molecule has 2 aromatic rings. The van der Waals surface area contributed by atoms with Crippen LogP contribution in [0.3, 0.4) is 0 Å². The molecule has 0 amide bonds. The Kier molecular flexibility index (Phi) is 6.14. The predicted molar refractivity (Wildman–Crippen MR) is 95.0 cm³/mol. The van der Waals surface area contributed by atoms with Crippen LogP contribution in [-0.2, 0) is 9.47 Å². The third kappa shape index (κ3) is 4.17. The van der Waals surface area contributed by atoms with Crippen molar-refractivity contribution >= 4 is 33.7 Å². The maximum absolute atomic E-state index is 12.5. The number of aryl methyl sites for hydroxylation is 2. The van der Waals surface area contributed by atoms with E-state index in [2.05, 4.69) is 20.9 Å². The smallest absolute Gasteiger partial charge is 0.340 e. The highest BCUT2D eigenvalue weighted by molar-refractivity contribution is 9.10. The van der Waals surface area contributed by atoms with Crippen LogP contribution in [-0.4, -0.2) is 35.9 Å². The first-order valence-corrected chi connectivity index (χ1v) is 8.47. The summed E-state index contributed by atoms with van der Waals surface area (Å²) in [4.78, 5) is 39.7. The van der Waals surface area contributed by atoms with Gasteiger partial charge in [-0.2, -0.15) is 0 Å². The molecule has 1 heterocycles. The summed E-state index contributed by atoms with van der Waals surface area (Å²) in [5.74, 6) is -1.67. The van der Waals surface area contributed by atoms with Crippen molar-refractivity contribution in [3.8, 4) is 0 Å². The third-order valence-corrected chi connectivity index (χ3v) is 4.25. The van der Waals surface area contributed by atoms with Crippen LogP contribution in [0.5, 0.6) is 0 Å². The number of hydrogen-bond acceptors (Lipinski definition) is 5.